The molecule has 3 aliphatic rings. The number of halogens is 1. The molecule has 0 spiro atoms. The van der Waals surface area contributed by atoms with Gasteiger partial charge in [-0.05, 0) is 54.7 Å². The van der Waals surface area contributed by atoms with Crippen LogP contribution in [-0.4, -0.2) is 24.0 Å². The molecule has 2 aliphatic carbocycles. The first-order valence-electron chi connectivity index (χ1n) is 8.01. The van der Waals surface area contributed by atoms with Gasteiger partial charge in [0.05, 0.1) is 0 Å². The van der Waals surface area contributed by atoms with E-state index in [1.165, 1.54) is 31.4 Å². The van der Waals surface area contributed by atoms with E-state index < -0.39 is 0 Å². The van der Waals surface area contributed by atoms with Crippen molar-refractivity contribution in [3.63, 3.8) is 0 Å². The van der Waals surface area contributed by atoms with Gasteiger partial charge in [-0.1, -0.05) is 18.6 Å². The summed E-state index contributed by atoms with van der Waals surface area (Å²) >= 11 is 0. The van der Waals surface area contributed by atoms with Crippen LogP contribution in [-0.2, 0) is 6.42 Å². The quantitative estimate of drug-likeness (QED) is 0.853. The van der Waals surface area contributed by atoms with Crippen molar-refractivity contribution in [3.8, 4) is 0 Å². The molecule has 2 fully saturated rings. The second kappa shape index (κ2) is 4.81. The topological polar surface area (TPSA) is 29.3 Å². The summed E-state index contributed by atoms with van der Waals surface area (Å²) < 4.78 is 13.9. The van der Waals surface area contributed by atoms with E-state index in [0.717, 1.165) is 30.9 Å². The lowest BCUT2D eigenvalue weighted by Crippen LogP contribution is -2.38. The molecule has 2 N–H and O–H groups in total. The zero-order chi connectivity index (χ0) is 13.7. The number of hydrogen-bond donors (Lipinski definition) is 1. The minimum absolute atomic E-state index is 0.0154. The summed E-state index contributed by atoms with van der Waals surface area (Å²) in [5, 5.41) is 0. The van der Waals surface area contributed by atoms with E-state index in [9.17, 15) is 4.39 Å². The molecular formula is C17H23FN2. The highest BCUT2D eigenvalue weighted by atomic mass is 19.1. The summed E-state index contributed by atoms with van der Waals surface area (Å²) in [5.74, 6) is 1.43. The van der Waals surface area contributed by atoms with Crippen LogP contribution in [0.1, 0.15) is 42.9 Å². The van der Waals surface area contributed by atoms with Crippen LogP contribution in [0.2, 0.25) is 0 Å². The van der Waals surface area contributed by atoms with Gasteiger partial charge in [-0.2, -0.15) is 0 Å². The fraction of sp³-hybridized carbons (Fsp3) is 0.647. The molecular weight excluding hydrogens is 251 g/mol. The van der Waals surface area contributed by atoms with E-state index in [-0.39, 0.29) is 5.82 Å². The van der Waals surface area contributed by atoms with Crippen molar-refractivity contribution in [1.29, 1.82) is 0 Å². The maximum Gasteiger partial charge on any atom is 0.126 e. The Hall–Kier alpha value is -0.930. The van der Waals surface area contributed by atoms with Crippen LogP contribution in [0.4, 0.5) is 4.39 Å². The average Bonchev–Trinajstić information content (AvgIpc) is 3.03. The predicted octanol–water partition coefficient (Wildman–Crippen LogP) is 2.87. The Morgan fingerprint density at radius 1 is 1.15 bits per heavy atom. The van der Waals surface area contributed by atoms with E-state index in [4.69, 9.17) is 5.73 Å². The molecule has 2 nitrogen and oxygen atoms in total. The molecule has 3 heteroatoms. The Labute approximate surface area is 120 Å². The number of nitrogens with zero attached hydrogens (tertiary/aromatic N) is 1. The van der Waals surface area contributed by atoms with Crippen LogP contribution in [0.25, 0.3) is 0 Å². The molecule has 1 aliphatic heterocycles. The molecule has 0 radical (unpaired) electrons. The second-order valence-corrected chi connectivity index (χ2v) is 6.83. The lowest BCUT2D eigenvalue weighted by molar-refractivity contribution is 0.230. The number of rotatable bonds is 1. The van der Waals surface area contributed by atoms with Gasteiger partial charge in [0.2, 0.25) is 0 Å². The molecule has 0 aromatic heterocycles. The van der Waals surface area contributed by atoms with Crippen molar-refractivity contribution in [1.82, 2.24) is 4.90 Å². The molecule has 4 atom stereocenters. The third kappa shape index (κ3) is 1.91. The van der Waals surface area contributed by atoms with Gasteiger partial charge < -0.3 is 5.73 Å². The lowest BCUT2D eigenvalue weighted by Gasteiger charge is -2.30. The van der Waals surface area contributed by atoms with Gasteiger partial charge >= 0.3 is 0 Å². The number of benzene rings is 1. The van der Waals surface area contributed by atoms with E-state index in [1.54, 1.807) is 6.07 Å². The molecule has 4 rings (SSSR count). The van der Waals surface area contributed by atoms with Crippen LogP contribution in [0.5, 0.6) is 0 Å². The van der Waals surface area contributed by atoms with Gasteiger partial charge in [-0.25, -0.2) is 4.39 Å². The lowest BCUT2D eigenvalue weighted by atomic mass is 9.78. The monoisotopic (exact) mass is 274 g/mol. The van der Waals surface area contributed by atoms with Crippen molar-refractivity contribution in [3.05, 3.63) is 35.1 Å². The van der Waals surface area contributed by atoms with Crippen molar-refractivity contribution in [2.75, 3.05) is 13.1 Å². The van der Waals surface area contributed by atoms with Crippen LogP contribution >= 0.6 is 0 Å². The number of likely N-dealkylation sites (tertiary alicyclic amines) is 1. The van der Waals surface area contributed by atoms with Gasteiger partial charge in [-0.15, -0.1) is 0 Å². The highest BCUT2D eigenvalue weighted by molar-refractivity contribution is 5.36. The smallest absolute Gasteiger partial charge is 0.126 e. The van der Waals surface area contributed by atoms with E-state index in [1.807, 2.05) is 6.07 Å². The van der Waals surface area contributed by atoms with Crippen LogP contribution < -0.4 is 5.73 Å². The van der Waals surface area contributed by atoms with Crippen LogP contribution in [0, 0.1) is 17.7 Å². The minimum Gasteiger partial charge on any atom is -0.327 e. The minimum atomic E-state index is -0.0154. The van der Waals surface area contributed by atoms with E-state index >= 15 is 0 Å². The molecule has 1 heterocycles. The highest BCUT2D eigenvalue weighted by Crippen LogP contribution is 2.43. The SMILES string of the molecule is NC1CCCC2CN(C3CCc4c(F)cccc43)CC12. The first-order valence-corrected chi connectivity index (χ1v) is 8.01. The molecule has 4 unspecified atom stereocenters. The van der Waals surface area contributed by atoms with E-state index in [2.05, 4.69) is 11.0 Å². The summed E-state index contributed by atoms with van der Waals surface area (Å²) in [4.78, 5) is 2.59. The van der Waals surface area contributed by atoms with Crippen molar-refractivity contribution in [2.24, 2.45) is 17.6 Å². The molecule has 108 valence electrons. The van der Waals surface area contributed by atoms with Gasteiger partial charge in [0.15, 0.2) is 0 Å². The number of fused-ring (bicyclic) bond motifs is 2. The zero-order valence-electron chi connectivity index (χ0n) is 11.9. The van der Waals surface area contributed by atoms with Crippen molar-refractivity contribution >= 4 is 0 Å². The Bertz CT molecular complexity index is 516. The maximum absolute atomic E-state index is 13.9. The van der Waals surface area contributed by atoms with Crippen LogP contribution in [0.3, 0.4) is 0 Å². The molecule has 1 saturated heterocycles. The van der Waals surface area contributed by atoms with Crippen molar-refractivity contribution in [2.45, 2.75) is 44.2 Å². The molecule has 0 amide bonds. The summed E-state index contributed by atoms with van der Waals surface area (Å²) in [7, 11) is 0. The largest absolute Gasteiger partial charge is 0.327 e. The molecule has 1 saturated carbocycles. The Morgan fingerprint density at radius 3 is 2.90 bits per heavy atom. The summed E-state index contributed by atoms with van der Waals surface area (Å²) in [6.07, 6.45) is 5.77. The van der Waals surface area contributed by atoms with Crippen LogP contribution in [0.15, 0.2) is 18.2 Å². The molecule has 0 bridgehead atoms. The third-order valence-electron chi connectivity index (χ3n) is 5.80. The fourth-order valence-corrected chi connectivity index (χ4v) is 4.77. The van der Waals surface area contributed by atoms with Gasteiger partial charge in [-0.3, -0.25) is 4.90 Å². The standard InChI is InChI=1S/C17H23FN2/c18-15-5-2-4-13-12(15)7-8-17(13)20-9-11-3-1-6-16(19)14(11)10-20/h2,4-5,11,14,16-17H,1,3,6-10,19H2. The first kappa shape index (κ1) is 12.8. The average molecular weight is 274 g/mol. The third-order valence-corrected chi connectivity index (χ3v) is 5.80. The zero-order valence-corrected chi connectivity index (χ0v) is 11.9. The molecule has 1 aromatic carbocycles. The Balaban J connectivity index is 1.58. The molecule has 20 heavy (non-hydrogen) atoms. The fourth-order valence-electron chi connectivity index (χ4n) is 4.77. The van der Waals surface area contributed by atoms with Gasteiger partial charge in [0.25, 0.3) is 0 Å². The first-order chi connectivity index (χ1) is 9.74. The summed E-state index contributed by atoms with van der Waals surface area (Å²) in [6.45, 7) is 2.28. The highest BCUT2D eigenvalue weighted by Gasteiger charge is 2.42. The molecule has 1 aromatic rings. The summed E-state index contributed by atoms with van der Waals surface area (Å²) in [6, 6.07) is 6.39. The predicted molar refractivity (Wildman–Crippen MR) is 77.8 cm³/mol. The summed E-state index contributed by atoms with van der Waals surface area (Å²) in [5.41, 5.74) is 8.50. The second-order valence-electron chi connectivity index (χ2n) is 6.83. The Morgan fingerprint density at radius 2 is 2.05 bits per heavy atom. The van der Waals surface area contributed by atoms with Gasteiger partial charge in [0, 0.05) is 25.2 Å². The Kier molecular flexibility index (Phi) is 3.08. The van der Waals surface area contributed by atoms with Gasteiger partial charge in [0.1, 0.15) is 5.82 Å². The van der Waals surface area contributed by atoms with E-state index in [0.29, 0.717) is 18.0 Å². The normalized spacial score (nSPS) is 36.9. The maximum atomic E-state index is 13.9. The number of nitrogens with two attached hydrogens (primary N) is 1. The number of hydrogen-bond acceptors (Lipinski definition) is 2. The van der Waals surface area contributed by atoms with Crippen molar-refractivity contribution < 1.29 is 4.39 Å².